The number of aromatic amines is 1. The Morgan fingerprint density at radius 2 is 1.88 bits per heavy atom. The van der Waals surface area contributed by atoms with Crippen LogP contribution in [0.4, 0.5) is 4.79 Å². The topological polar surface area (TPSA) is 67.0 Å². The molecular weight excluding hydrogens is 326 g/mol. The molecule has 2 aromatic carbocycles. The van der Waals surface area contributed by atoms with E-state index in [2.05, 4.69) is 27.4 Å². The first-order valence-corrected chi connectivity index (χ1v) is 8.35. The van der Waals surface area contributed by atoms with E-state index in [1.165, 1.54) is 0 Å². The average Bonchev–Trinajstić information content (AvgIpc) is 3.22. The van der Waals surface area contributed by atoms with E-state index >= 15 is 0 Å². The Hall–Kier alpha value is -3.52. The number of benzene rings is 2. The Morgan fingerprint density at radius 3 is 2.69 bits per heavy atom. The second kappa shape index (κ2) is 9.09. The van der Waals surface area contributed by atoms with E-state index < -0.39 is 6.09 Å². The summed E-state index contributed by atoms with van der Waals surface area (Å²) in [6.45, 7) is 0.697. The minimum Gasteiger partial charge on any atom is -0.445 e. The molecule has 3 aromatic rings. The third kappa shape index (κ3) is 4.99. The van der Waals surface area contributed by atoms with Crippen molar-refractivity contribution >= 4 is 6.09 Å². The smallest absolute Gasteiger partial charge is 0.407 e. The number of hydrogen-bond acceptors (Lipinski definition) is 3. The maximum atomic E-state index is 11.7. The molecule has 1 aromatic heterocycles. The van der Waals surface area contributed by atoms with E-state index in [1.54, 1.807) is 6.20 Å². The quantitative estimate of drug-likeness (QED) is 0.547. The van der Waals surface area contributed by atoms with E-state index in [0.717, 1.165) is 22.4 Å². The number of alkyl carbamates (subject to hydrolysis) is 1. The third-order valence-corrected chi connectivity index (χ3v) is 3.67. The molecule has 3 rings (SSSR count). The van der Waals surface area contributed by atoms with Gasteiger partial charge in [0, 0.05) is 30.3 Å². The number of rotatable bonds is 5. The predicted octanol–water partition coefficient (Wildman–Crippen LogP) is 3.74. The van der Waals surface area contributed by atoms with Crippen molar-refractivity contribution in [1.29, 1.82) is 0 Å². The predicted molar refractivity (Wildman–Crippen MR) is 100 cm³/mol. The number of H-pyrrole nitrogens is 1. The zero-order valence-electron chi connectivity index (χ0n) is 14.2. The van der Waals surface area contributed by atoms with Gasteiger partial charge in [0.15, 0.2) is 0 Å². The number of nitrogens with one attached hydrogen (secondary N) is 2. The van der Waals surface area contributed by atoms with Crippen LogP contribution in [0.15, 0.2) is 66.9 Å². The summed E-state index contributed by atoms with van der Waals surface area (Å²) in [4.78, 5) is 11.7. The van der Waals surface area contributed by atoms with Gasteiger partial charge in [-0.2, -0.15) is 5.10 Å². The van der Waals surface area contributed by atoms with Crippen molar-refractivity contribution in [3.05, 3.63) is 78.0 Å². The maximum absolute atomic E-state index is 11.7. The minimum absolute atomic E-state index is 0.260. The molecule has 0 aliphatic carbocycles. The molecule has 1 heterocycles. The number of carbonyl (C=O) groups excluding carboxylic acids is 1. The van der Waals surface area contributed by atoms with Crippen molar-refractivity contribution in [2.75, 3.05) is 6.54 Å². The lowest BCUT2D eigenvalue weighted by atomic mass is 10.1. The lowest BCUT2D eigenvalue weighted by Crippen LogP contribution is -2.24. The molecule has 5 nitrogen and oxygen atoms in total. The number of aromatic nitrogens is 2. The first-order chi connectivity index (χ1) is 12.8. The summed E-state index contributed by atoms with van der Waals surface area (Å²) in [6, 6.07) is 19.3. The van der Waals surface area contributed by atoms with Gasteiger partial charge in [-0.1, -0.05) is 60.4 Å². The van der Waals surface area contributed by atoms with Gasteiger partial charge in [-0.25, -0.2) is 4.79 Å². The molecule has 0 radical (unpaired) electrons. The normalized spacial score (nSPS) is 9.85. The highest BCUT2D eigenvalue weighted by Crippen LogP contribution is 2.20. The van der Waals surface area contributed by atoms with Gasteiger partial charge in [0.05, 0.1) is 5.69 Å². The average molecular weight is 345 g/mol. The summed E-state index contributed by atoms with van der Waals surface area (Å²) in [5, 5.41) is 9.62. The number of ether oxygens (including phenoxy) is 1. The van der Waals surface area contributed by atoms with Gasteiger partial charge < -0.3 is 10.1 Å². The van der Waals surface area contributed by atoms with Gasteiger partial charge in [-0.3, -0.25) is 5.10 Å². The lowest BCUT2D eigenvalue weighted by Gasteiger charge is -2.05. The van der Waals surface area contributed by atoms with Crippen LogP contribution in [0.5, 0.6) is 0 Å². The van der Waals surface area contributed by atoms with Crippen LogP contribution in [-0.4, -0.2) is 22.8 Å². The largest absolute Gasteiger partial charge is 0.445 e. The van der Waals surface area contributed by atoms with Crippen molar-refractivity contribution in [2.24, 2.45) is 0 Å². The van der Waals surface area contributed by atoms with Crippen LogP contribution in [0.1, 0.15) is 17.5 Å². The first-order valence-electron chi connectivity index (χ1n) is 8.35. The molecule has 0 spiro atoms. The number of hydrogen-bond donors (Lipinski definition) is 2. The Balaban J connectivity index is 1.46. The zero-order chi connectivity index (χ0) is 18.0. The van der Waals surface area contributed by atoms with Crippen LogP contribution in [0, 0.1) is 11.8 Å². The summed E-state index contributed by atoms with van der Waals surface area (Å²) < 4.78 is 5.15. The molecule has 130 valence electrons. The van der Waals surface area contributed by atoms with Crippen LogP contribution < -0.4 is 5.32 Å². The molecule has 5 heteroatoms. The molecule has 0 atom stereocenters. The van der Waals surface area contributed by atoms with Crippen LogP contribution in [0.25, 0.3) is 11.3 Å². The molecule has 0 unspecified atom stereocenters. The second-order valence-electron chi connectivity index (χ2n) is 5.56. The van der Waals surface area contributed by atoms with Crippen molar-refractivity contribution in [2.45, 2.75) is 13.0 Å². The van der Waals surface area contributed by atoms with Gasteiger partial charge in [0.25, 0.3) is 0 Å². The highest BCUT2D eigenvalue weighted by atomic mass is 16.5. The molecule has 0 aliphatic rings. The van der Waals surface area contributed by atoms with Crippen molar-refractivity contribution < 1.29 is 9.53 Å². The van der Waals surface area contributed by atoms with E-state index in [0.29, 0.717) is 13.0 Å². The summed E-state index contributed by atoms with van der Waals surface area (Å²) in [5.41, 5.74) is 3.81. The van der Waals surface area contributed by atoms with Crippen molar-refractivity contribution in [3.8, 4) is 23.1 Å². The second-order valence-corrected chi connectivity index (χ2v) is 5.56. The van der Waals surface area contributed by atoms with Crippen LogP contribution in [0.2, 0.25) is 0 Å². The summed E-state index contributed by atoms with van der Waals surface area (Å²) in [5.74, 6) is 6.22. The summed E-state index contributed by atoms with van der Waals surface area (Å²) in [7, 11) is 0. The fraction of sp³-hybridized carbons (Fsp3) is 0.143. The molecule has 0 saturated carbocycles. The molecule has 0 bridgehead atoms. The van der Waals surface area contributed by atoms with Crippen molar-refractivity contribution in [3.63, 3.8) is 0 Å². The van der Waals surface area contributed by atoms with E-state index in [9.17, 15) is 4.79 Å². The fourth-order valence-corrected chi connectivity index (χ4v) is 2.39. The van der Waals surface area contributed by atoms with Gasteiger partial charge >= 0.3 is 6.09 Å². The van der Waals surface area contributed by atoms with E-state index in [1.807, 2.05) is 60.7 Å². The molecule has 0 fully saturated rings. The third-order valence-electron chi connectivity index (χ3n) is 3.67. The lowest BCUT2D eigenvalue weighted by molar-refractivity contribution is 0.140. The van der Waals surface area contributed by atoms with Gasteiger partial charge in [0.1, 0.15) is 6.61 Å². The molecule has 26 heavy (non-hydrogen) atoms. The Labute approximate surface area is 152 Å². The van der Waals surface area contributed by atoms with Gasteiger partial charge in [0.2, 0.25) is 0 Å². The van der Waals surface area contributed by atoms with E-state index in [-0.39, 0.29) is 6.61 Å². The SMILES string of the molecule is O=C(NCCC#Cc1ccccc1-c1ccn[nH]1)OCc1ccccc1. The van der Waals surface area contributed by atoms with Gasteiger partial charge in [-0.15, -0.1) is 0 Å². The van der Waals surface area contributed by atoms with Crippen LogP contribution >= 0.6 is 0 Å². The summed E-state index contributed by atoms with van der Waals surface area (Å²) in [6.07, 6.45) is 1.82. The molecular formula is C21H19N3O2. The molecule has 0 saturated heterocycles. The van der Waals surface area contributed by atoms with E-state index in [4.69, 9.17) is 4.74 Å². The first kappa shape index (κ1) is 17.3. The monoisotopic (exact) mass is 345 g/mol. The number of amides is 1. The zero-order valence-corrected chi connectivity index (χ0v) is 14.2. The van der Waals surface area contributed by atoms with Crippen LogP contribution in [0.3, 0.4) is 0 Å². The Morgan fingerprint density at radius 1 is 1.08 bits per heavy atom. The molecule has 1 amide bonds. The van der Waals surface area contributed by atoms with Crippen molar-refractivity contribution in [1.82, 2.24) is 15.5 Å². The Bertz CT molecular complexity index is 894. The fourth-order valence-electron chi connectivity index (χ4n) is 2.39. The standard InChI is InChI=1S/C21H19N3O2/c25-21(26-16-17-8-2-1-3-9-17)22-14-7-6-11-18-10-4-5-12-19(18)20-13-15-23-24-20/h1-5,8-10,12-13,15H,7,14,16H2,(H,22,25)(H,23,24). The highest BCUT2D eigenvalue weighted by Gasteiger charge is 2.03. The summed E-state index contributed by atoms with van der Waals surface area (Å²) >= 11 is 0. The highest BCUT2D eigenvalue weighted by molar-refractivity contribution is 5.68. The Kier molecular flexibility index (Phi) is 6.05. The van der Waals surface area contributed by atoms with Crippen LogP contribution in [-0.2, 0) is 11.3 Å². The molecule has 2 N–H and O–H groups in total. The van der Waals surface area contributed by atoms with Gasteiger partial charge in [-0.05, 0) is 17.7 Å². The maximum Gasteiger partial charge on any atom is 0.407 e. The molecule has 0 aliphatic heterocycles. The minimum atomic E-state index is -0.437. The number of nitrogens with zero attached hydrogens (tertiary/aromatic N) is 1. The number of carbonyl (C=O) groups is 1.